The molecule has 0 bridgehead atoms. The van der Waals surface area contributed by atoms with Gasteiger partial charge in [0, 0.05) is 63.7 Å². The molecule has 0 atom stereocenters. The van der Waals surface area contributed by atoms with Crippen LogP contribution < -0.4 is 5.73 Å². The summed E-state index contributed by atoms with van der Waals surface area (Å²) >= 11 is 0. The van der Waals surface area contributed by atoms with Crippen LogP contribution in [0, 0.1) is 0 Å². The van der Waals surface area contributed by atoms with Crippen LogP contribution in [0.5, 0.6) is 0 Å². The number of hydrogen-bond donors (Lipinski definition) is 3. The van der Waals surface area contributed by atoms with Gasteiger partial charge in [0.1, 0.15) is 0 Å². The van der Waals surface area contributed by atoms with Crippen molar-refractivity contribution in [2.45, 2.75) is 6.42 Å². The van der Waals surface area contributed by atoms with Crippen molar-refractivity contribution in [1.29, 1.82) is 0 Å². The van der Waals surface area contributed by atoms with Gasteiger partial charge in [-0.15, -0.1) is 0 Å². The molecule has 1 aromatic rings. The van der Waals surface area contributed by atoms with Crippen LogP contribution in [0.4, 0.5) is 0 Å². The predicted octanol–water partition coefficient (Wildman–Crippen LogP) is -0.573. The van der Waals surface area contributed by atoms with Crippen molar-refractivity contribution < 1.29 is 29.4 Å². The summed E-state index contributed by atoms with van der Waals surface area (Å²) in [7, 11) is 0. The molecule has 0 unspecified atom stereocenters. The number of aromatic nitrogens is 1. The van der Waals surface area contributed by atoms with E-state index in [4.69, 9.17) is 15.9 Å². The standard InChI is InChI=1S/C13H18N4O2.C4H4O4/c14-12(18)3-5-16-6-8-17(9-7-16)13(19)11-2-1-4-15-10-11;5-3(6)1-2-4(7)8/h1-2,4,10H,3,5-9H2,(H2,14,18);1-2H,(H,5,6)(H,7,8)/b;2-1-. The molecule has 2 rings (SSSR count). The summed E-state index contributed by atoms with van der Waals surface area (Å²) in [5.41, 5.74) is 5.74. The Bertz CT molecular complexity index is 668. The monoisotopic (exact) mass is 378 g/mol. The molecule has 0 spiro atoms. The maximum atomic E-state index is 12.2. The van der Waals surface area contributed by atoms with Crippen molar-refractivity contribution in [1.82, 2.24) is 14.8 Å². The van der Waals surface area contributed by atoms with E-state index in [1.807, 2.05) is 4.90 Å². The average molecular weight is 378 g/mol. The van der Waals surface area contributed by atoms with Gasteiger partial charge in [0.05, 0.1) is 5.56 Å². The molecule has 2 heterocycles. The lowest BCUT2D eigenvalue weighted by Crippen LogP contribution is -2.49. The Kier molecular flexibility index (Phi) is 9.16. The minimum absolute atomic E-state index is 0.0163. The van der Waals surface area contributed by atoms with E-state index in [0.29, 0.717) is 43.8 Å². The van der Waals surface area contributed by atoms with Crippen molar-refractivity contribution in [2.75, 3.05) is 32.7 Å². The summed E-state index contributed by atoms with van der Waals surface area (Å²) in [5, 5.41) is 15.6. The third kappa shape index (κ3) is 9.12. The van der Waals surface area contributed by atoms with Crippen LogP contribution in [0.25, 0.3) is 0 Å². The smallest absolute Gasteiger partial charge is 0.328 e. The molecule has 1 aliphatic heterocycles. The van der Waals surface area contributed by atoms with Gasteiger partial charge in [-0.05, 0) is 12.1 Å². The predicted molar refractivity (Wildman–Crippen MR) is 94.8 cm³/mol. The molecule has 0 saturated carbocycles. The fraction of sp³-hybridized carbons (Fsp3) is 0.353. The molecule has 4 N–H and O–H groups in total. The van der Waals surface area contributed by atoms with Crippen LogP contribution in [0.15, 0.2) is 36.7 Å². The third-order valence-corrected chi connectivity index (χ3v) is 3.61. The normalized spacial score (nSPS) is 14.3. The van der Waals surface area contributed by atoms with Crippen LogP contribution in [0.3, 0.4) is 0 Å². The quantitative estimate of drug-likeness (QED) is 0.556. The number of hydrogen-bond acceptors (Lipinski definition) is 6. The van der Waals surface area contributed by atoms with E-state index >= 15 is 0 Å². The van der Waals surface area contributed by atoms with Crippen molar-refractivity contribution in [2.24, 2.45) is 5.73 Å². The summed E-state index contributed by atoms with van der Waals surface area (Å²) < 4.78 is 0. The first-order valence-electron chi connectivity index (χ1n) is 8.13. The highest BCUT2D eigenvalue weighted by Crippen LogP contribution is 2.08. The summed E-state index contributed by atoms with van der Waals surface area (Å²) in [6.07, 6.45) is 4.72. The third-order valence-electron chi connectivity index (χ3n) is 3.61. The topological polar surface area (TPSA) is 154 Å². The summed E-state index contributed by atoms with van der Waals surface area (Å²) in [6, 6.07) is 3.53. The molecule has 0 radical (unpaired) electrons. The zero-order valence-corrected chi connectivity index (χ0v) is 14.7. The van der Waals surface area contributed by atoms with Crippen molar-refractivity contribution in [3.8, 4) is 0 Å². The van der Waals surface area contributed by atoms with Gasteiger partial charge in [-0.1, -0.05) is 0 Å². The number of rotatable bonds is 6. The van der Waals surface area contributed by atoms with E-state index in [0.717, 1.165) is 13.1 Å². The molecule has 146 valence electrons. The van der Waals surface area contributed by atoms with Crippen molar-refractivity contribution >= 4 is 23.8 Å². The van der Waals surface area contributed by atoms with Crippen molar-refractivity contribution in [3.63, 3.8) is 0 Å². The number of carboxylic acids is 2. The molecule has 1 aliphatic rings. The first-order chi connectivity index (χ1) is 12.8. The fourth-order valence-electron chi connectivity index (χ4n) is 2.26. The van der Waals surface area contributed by atoms with Gasteiger partial charge in [-0.25, -0.2) is 9.59 Å². The Morgan fingerprint density at radius 3 is 2.11 bits per heavy atom. The first-order valence-corrected chi connectivity index (χ1v) is 8.13. The fourth-order valence-corrected chi connectivity index (χ4v) is 2.26. The van der Waals surface area contributed by atoms with Gasteiger partial charge in [-0.2, -0.15) is 0 Å². The number of piperazine rings is 1. The van der Waals surface area contributed by atoms with Gasteiger partial charge in [0.2, 0.25) is 5.91 Å². The number of carbonyl (C=O) groups is 4. The molecule has 10 nitrogen and oxygen atoms in total. The molecule has 27 heavy (non-hydrogen) atoms. The number of pyridine rings is 1. The van der Waals surface area contributed by atoms with Gasteiger partial charge in [0.25, 0.3) is 5.91 Å². The molecule has 1 fully saturated rings. The number of nitrogens with two attached hydrogens (primary N) is 1. The highest BCUT2D eigenvalue weighted by Gasteiger charge is 2.22. The lowest BCUT2D eigenvalue weighted by molar-refractivity contribution is -0.134. The second kappa shape index (κ2) is 11.4. The number of carbonyl (C=O) groups excluding carboxylic acids is 2. The summed E-state index contributed by atoms with van der Waals surface area (Å²) in [4.78, 5) is 49.9. The van der Waals surface area contributed by atoms with Gasteiger partial charge in [-0.3, -0.25) is 19.5 Å². The molecule has 0 aliphatic carbocycles. The zero-order chi connectivity index (χ0) is 20.2. The van der Waals surface area contributed by atoms with Crippen LogP contribution >= 0.6 is 0 Å². The zero-order valence-electron chi connectivity index (χ0n) is 14.7. The minimum atomic E-state index is -1.26. The molecule has 0 aromatic carbocycles. The molecule has 2 amide bonds. The van der Waals surface area contributed by atoms with E-state index in [1.165, 1.54) is 0 Å². The van der Waals surface area contributed by atoms with E-state index < -0.39 is 11.9 Å². The minimum Gasteiger partial charge on any atom is -0.478 e. The number of carboxylic acid groups (broad SMARTS) is 2. The number of amides is 2. The molecular weight excluding hydrogens is 356 g/mol. The Labute approximate surface area is 155 Å². The maximum absolute atomic E-state index is 12.2. The molecular formula is C17H22N4O6. The van der Waals surface area contributed by atoms with Gasteiger partial charge in [0.15, 0.2) is 0 Å². The van der Waals surface area contributed by atoms with E-state index in [-0.39, 0.29) is 11.8 Å². The van der Waals surface area contributed by atoms with E-state index in [9.17, 15) is 19.2 Å². The maximum Gasteiger partial charge on any atom is 0.328 e. The SMILES string of the molecule is NC(=O)CCN1CCN(C(=O)c2cccnc2)CC1.O=C(O)/C=C\C(=O)O. The highest BCUT2D eigenvalue weighted by molar-refractivity contribution is 5.94. The second-order valence-electron chi connectivity index (χ2n) is 5.60. The van der Waals surface area contributed by atoms with E-state index in [2.05, 4.69) is 9.88 Å². The second-order valence-corrected chi connectivity index (χ2v) is 5.60. The lowest BCUT2D eigenvalue weighted by atomic mass is 10.2. The van der Waals surface area contributed by atoms with Gasteiger partial charge >= 0.3 is 11.9 Å². The number of nitrogens with zero attached hydrogens (tertiary/aromatic N) is 3. The van der Waals surface area contributed by atoms with E-state index in [1.54, 1.807) is 24.5 Å². The van der Waals surface area contributed by atoms with Crippen LogP contribution in [0.1, 0.15) is 16.8 Å². The Morgan fingerprint density at radius 2 is 1.67 bits per heavy atom. The largest absolute Gasteiger partial charge is 0.478 e. The molecule has 1 aromatic heterocycles. The average Bonchev–Trinajstić information content (AvgIpc) is 2.66. The molecule has 1 saturated heterocycles. The molecule has 10 heteroatoms. The van der Waals surface area contributed by atoms with Gasteiger partial charge < -0.3 is 20.8 Å². The highest BCUT2D eigenvalue weighted by atomic mass is 16.4. The summed E-state index contributed by atoms with van der Waals surface area (Å²) in [5.74, 6) is -2.78. The number of primary amides is 1. The van der Waals surface area contributed by atoms with Crippen LogP contribution in [-0.2, 0) is 14.4 Å². The van der Waals surface area contributed by atoms with Crippen molar-refractivity contribution in [3.05, 3.63) is 42.2 Å². The first kappa shape index (κ1) is 21.8. The number of aliphatic carboxylic acids is 2. The van der Waals surface area contributed by atoms with Crippen LogP contribution in [-0.4, -0.2) is 81.5 Å². The summed E-state index contributed by atoms with van der Waals surface area (Å²) in [6.45, 7) is 3.57. The Balaban J connectivity index is 0.000000387. The Hall–Kier alpha value is -3.27. The van der Waals surface area contributed by atoms with Crippen LogP contribution in [0.2, 0.25) is 0 Å². The Morgan fingerprint density at radius 1 is 1.07 bits per heavy atom. The lowest BCUT2D eigenvalue weighted by Gasteiger charge is -2.34.